The molecule has 0 saturated heterocycles. The summed E-state index contributed by atoms with van der Waals surface area (Å²) in [7, 11) is 0. The van der Waals surface area contributed by atoms with Crippen molar-refractivity contribution in [2.75, 3.05) is 0 Å². The first kappa shape index (κ1) is 154. The summed E-state index contributed by atoms with van der Waals surface area (Å²) < 4.78 is 7.94. The van der Waals surface area contributed by atoms with Crippen molar-refractivity contribution < 1.29 is 129 Å². The van der Waals surface area contributed by atoms with Gasteiger partial charge in [0.1, 0.15) is 0 Å². The van der Waals surface area contributed by atoms with Crippen LogP contribution in [0.15, 0.2) is 0 Å². The maximum atomic E-state index is 7.94. The number of hydrogen-bond acceptors (Lipinski definition) is 1. The zero-order chi connectivity index (χ0) is 2.00. The average Bonchev–Trinajstić information content (AvgIpc) is 1.00. The second-order valence-electron chi connectivity index (χ2n) is 0. The Morgan fingerprint density at radius 1 is 0.727 bits per heavy atom. The molecule has 0 saturated carbocycles. The molecular formula is Co2Li2MnNiO5. The molecular weight excluding hydrogens is 325 g/mol. The maximum absolute atomic E-state index is 7.94. The van der Waals surface area contributed by atoms with E-state index in [9.17, 15) is 0 Å². The second-order valence-corrected chi connectivity index (χ2v) is 0. The van der Waals surface area contributed by atoms with Crippen LogP contribution in [0.1, 0.15) is 0 Å². The van der Waals surface area contributed by atoms with Crippen LogP contribution >= 0.6 is 0 Å². The third-order valence-corrected chi connectivity index (χ3v) is 0. The van der Waals surface area contributed by atoms with E-state index in [4.69, 9.17) is 3.87 Å². The molecule has 0 amide bonds. The van der Waals surface area contributed by atoms with Crippen molar-refractivity contribution in [1.29, 1.82) is 0 Å². The summed E-state index contributed by atoms with van der Waals surface area (Å²) in [4.78, 5) is 0. The molecule has 0 aliphatic heterocycles. The quantitative estimate of drug-likeness (QED) is 0.403. The zero-order valence-corrected chi connectivity index (χ0v) is 9.65. The summed E-state index contributed by atoms with van der Waals surface area (Å²) in [6.45, 7) is 0. The molecule has 11 heteroatoms. The molecule has 0 N–H and O–H groups in total. The van der Waals surface area contributed by atoms with Crippen molar-refractivity contribution in [3.05, 3.63) is 0 Å². The van der Waals surface area contributed by atoms with Crippen molar-refractivity contribution >= 4 is 0 Å². The first-order valence-corrected chi connectivity index (χ1v) is 0.561. The Morgan fingerprint density at radius 3 is 0.727 bits per heavy atom. The summed E-state index contributed by atoms with van der Waals surface area (Å²) in [5, 5.41) is 0. The molecule has 0 spiro atoms. The van der Waals surface area contributed by atoms with Gasteiger partial charge in [-0.15, -0.1) is 0 Å². The summed E-state index contributed by atoms with van der Waals surface area (Å²) in [5.74, 6) is 0. The predicted octanol–water partition coefficient (Wildman–Crippen LogP) is -6.60. The minimum atomic E-state index is 0. The molecule has 0 rings (SSSR count). The van der Waals surface area contributed by atoms with E-state index in [0.717, 1.165) is 0 Å². The van der Waals surface area contributed by atoms with Gasteiger partial charge in [0.15, 0.2) is 0 Å². The van der Waals surface area contributed by atoms with Crippen molar-refractivity contribution in [2.45, 2.75) is 0 Å². The molecule has 11 heavy (non-hydrogen) atoms. The first-order valence-electron chi connectivity index (χ1n) is 0.136. The average molecular weight is 325 g/mol. The van der Waals surface area contributed by atoms with E-state index in [0.29, 0.717) is 0 Å². The van der Waals surface area contributed by atoms with Gasteiger partial charge in [0.2, 0.25) is 0 Å². The van der Waals surface area contributed by atoms with Gasteiger partial charge in [-0.2, -0.15) is 0 Å². The van der Waals surface area contributed by atoms with Gasteiger partial charge in [0.05, 0.1) is 0 Å². The summed E-state index contributed by atoms with van der Waals surface area (Å²) in [5.41, 5.74) is 0. The van der Waals surface area contributed by atoms with Crippen LogP contribution in [0, 0.1) is 0 Å². The van der Waals surface area contributed by atoms with E-state index in [1.165, 1.54) is 0 Å². The Morgan fingerprint density at radius 2 is 0.727 bits per heavy atom. The first-order chi connectivity index (χ1) is 1.00. The topological polar surface area (TPSA) is 131 Å². The van der Waals surface area contributed by atoms with Gasteiger partial charge in [-0.1, -0.05) is 0 Å². The van der Waals surface area contributed by atoms with E-state index in [1.807, 2.05) is 0 Å². The fourth-order valence-corrected chi connectivity index (χ4v) is 0. The van der Waals surface area contributed by atoms with Crippen molar-refractivity contribution in [1.82, 2.24) is 0 Å². The van der Waals surface area contributed by atoms with Crippen LogP contribution in [0.4, 0.5) is 0 Å². The summed E-state index contributed by atoms with van der Waals surface area (Å²) >= 11 is 2.31. The van der Waals surface area contributed by atoms with E-state index in [1.54, 1.807) is 0 Å². The van der Waals surface area contributed by atoms with Crippen LogP contribution in [0.2, 0.25) is 0 Å². The third kappa shape index (κ3) is 185. The Labute approximate surface area is 128 Å². The Bertz CT molecular complexity index is 22.4. The van der Waals surface area contributed by atoms with Crippen LogP contribution in [-0.2, 0) is 91.8 Å². The van der Waals surface area contributed by atoms with E-state index >= 15 is 0 Å². The SMILES string of the molecule is [Co+2].[Li+].[Li+].[Mn+2].[Ni+2].[O-2].[O-2].[O-2].[O-2].[O]=[Co]. The van der Waals surface area contributed by atoms with Crippen LogP contribution in [0.25, 0.3) is 0 Å². The van der Waals surface area contributed by atoms with Crippen LogP contribution < -0.4 is 37.7 Å². The number of rotatable bonds is 0. The Hall–Kier alpha value is 2.86. The number of hydrogen-bond donors (Lipinski definition) is 0. The molecule has 2 radical (unpaired) electrons. The molecule has 0 fully saturated rings. The molecule has 0 bridgehead atoms. The molecule has 67 valence electrons. The molecule has 0 atom stereocenters. The molecule has 0 aromatic rings. The molecule has 0 aliphatic carbocycles. The van der Waals surface area contributed by atoms with E-state index in [2.05, 4.69) is 15.7 Å². The molecule has 0 aromatic carbocycles. The van der Waals surface area contributed by atoms with E-state index < -0.39 is 0 Å². The summed E-state index contributed by atoms with van der Waals surface area (Å²) in [6, 6.07) is 0. The van der Waals surface area contributed by atoms with Crippen LogP contribution in [0.5, 0.6) is 0 Å². The molecule has 0 heterocycles. The summed E-state index contributed by atoms with van der Waals surface area (Å²) in [6.07, 6.45) is 0. The fourth-order valence-electron chi connectivity index (χ4n) is 0. The van der Waals surface area contributed by atoms with Gasteiger partial charge in [-0.25, -0.2) is 0 Å². The van der Waals surface area contributed by atoms with Crippen molar-refractivity contribution in [3.8, 4) is 0 Å². The van der Waals surface area contributed by atoms with Crippen LogP contribution in [-0.4, -0.2) is 0 Å². The molecule has 0 aliphatic rings. The fraction of sp³-hybridized carbons (Fsp3) is 0. The normalized spacial score (nSPS) is 0.455. The molecule has 5 nitrogen and oxygen atoms in total. The van der Waals surface area contributed by atoms with E-state index in [-0.39, 0.29) is 110 Å². The van der Waals surface area contributed by atoms with Gasteiger partial charge in [-0.05, 0) is 0 Å². The molecule has 0 aromatic heterocycles. The van der Waals surface area contributed by atoms with Gasteiger partial charge in [-0.3, -0.25) is 0 Å². The van der Waals surface area contributed by atoms with Gasteiger partial charge in [0, 0.05) is 0 Å². The van der Waals surface area contributed by atoms with Gasteiger partial charge in [0.25, 0.3) is 0 Å². The van der Waals surface area contributed by atoms with Gasteiger partial charge >= 0.3 is 108 Å². The standard InChI is InChI=1S/2Co.2Li.Mn.Ni.5O/q;+2;2*+1;2*+2;;4*-2. The third-order valence-electron chi connectivity index (χ3n) is 0. The Kier molecular flexibility index (Phi) is 3090. The van der Waals surface area contributed by atoms with Crippen molar-refractivity contribution in [2.24, 2.45) is 0 Å². The zero-order valence-electron chi connectivity index (χ0n) is 5.40. The Balaban J connectivity index is -0.000000000139. The minimum absolute atomic E-state index is 0. The predicted molar refractivity (Wildman–Crippen MR) is 3.43 cm³/mol. The second kappa shape index (κ2) is 221. The molecule has 0 unspecified atom stereocenters. The van der Waals surface area contributed by atoms with Gasteiger partial charge < -0.3 is 21.9 Å². The van der Waals surface area contributed by atoms with Crippen LogP contribution in [0.3, 0.4) is 0 Å². The van der Waals surface area contributed by atoms with Crippen molar-refractivity contribution in [3.63, 3.8) is 0 Å². The monoisotopic (exact) mass is 325 g/mol.